The maximum Gasteiger partial charge on any atom is 2.00 e. The maximum absolute atomic E-state index is 8.25. The topological polar surface area (TPSA) is 66.2 Å². The molecule has 0 aromatic heterocycles. The van der Waals surface area contributed by atoms with Crippen LogP contribution in [0.4, 0.5) is 0 Å². The zero-order valence-electron chi connectivity index (χ0n) is 3.46. The van der Waals surface area contributed by atoms with Gasteiger partial charge >= 0.3 is 86.6 Å². The van der Waals surface area contributed by atoms with E-state index in [0.717, 1.165) is 0 Å². The van der Waals surface area contributed by atoms with Crippen LogP contribution in [0.3, 0.4) is 0 Å². The molecular weight excluding hydrogens is 275 g/mol. The van der Waals surface area contributed by atoms with Gasteiger partial charge in [0.15, 0.2) is 0 Å². The second-order valence-electron chi connectivity index (χ2n) is 0.224. The molecule has 0 atom stereocenters. The predicted octanol–water partition coefficient (Wildman–Crippen LogP) is -4.00. The molecule has 7 heteroatoms. The van der Waals surface area contributed by atoms with E-state index in [1.54, 1.807) is 0 Å². The Bertz CT molecular complexity index is 37.9. The van der Waals surface area contributed by atoms with Crippen molar-refractivity contribution in [3.63, 3.8) is 0 Å². The van der Waals surface area contributed by atoms with E-state index in [4.69, 9.17) is 15.3 Å². The summed E-state index contributed by atoms with van der Waals surface area (Å²) in [5.74, 6) is 0. The zero-order valence-corrected chi connectivity index (χ0v) is 10.9. The molecule has 0 radical (unpaired) electrons. The molecule has 0 aromatic rings. The van der Waals surface area contributed by atoms with E-state index >= 15 is 0 Å². The van der Waals surface area contributed by atoms with E-state index < -0.39 is 5.09 Å². The van der Waals surface area contributed by atoms with Crippen LogP contribution >= 0.6 is 0 Å². The van der Waals surface area contributed by atoms with Crippen molar-refractivity contribution in [3.05, 3.63) is 15.3 Å². The largest absolute Gasteiger partial charge is 2.00 e. The van der Waals surface area contributed by atoms with E-state index in [1.165, 1.54) is 0 Å². The van der Waals surface area contributed by atoms with Gasteiger partial charge < -0.3 is 27.7 Å². The van der Waals surface area contributed by atoms with Gasteiger partial charge in [0.25, 0.3) is 0 Å². The van der Waals surface area contributed by atoms with Crippen molar-refractivity contribution >= 4 is 86.6 Å². The summed E-state index contributed by atoms with van der Waals surface area (Å²) in [6, 6.07) is 0. The van der Waals surface area contributed by atoms with E-state index in [0.29, 0.717) is 0 Å². The molecule has 0 aliphatic carbocycles. The third-order valence-electron chi connectivity index (χ3n) is 0. The maximum atomic E-state index is 8.25. The first-order valence-electron chi connectivity index (χ1n) is 0.548. The van der Waals surface area contributed by atoms with Crippen LogP contribution in [0.5, 0.6) is 0 Å². The molecule has 0 saturated carbocycles. The Morgan fingerprint density at radius 2 is 1.29 bits per heavy atom. The Kier molecular flexibility index (Phi) is 51.3. The van der Waals surface area contributed by atoms with Gasteiger partial charge in [-0.15, -0.1) is 0 Å². The molecule has 0 aliphatic heterocycles. The van der Waals surface area contributed by atoms with Crippen LogP contribution in [0.1, 0.15) is 0 Å². The molecule has 0 N–H and O–H groups in total. The SMILES string of the molecule is O=[N+]([O-])[O-].[Ba+2].[Ca+2].[Cl-]. The predicted molar refractivity (Wildman–Crippen MR) is 21.9 cm³/mol. The Morgan fingerprint density at radius 1 is 1.29 bits per heavy atom. The van der Waals surface area contributed by atoms with Crippen molar-refractivity contribution in [1.82, 2.24) is 0 Å². The first kappa shape index (κ1) is 22.8. The van der Waals surface area contributed by atoms with Crippen LogP contribution in [-0.4, -0.2) is 91.7 Å². The van der Waals surface area contributed by atoms with Gasteiger partial charge in [-0.1, -0.05) is 0 Å². The molecule has 0 unspecified atom stereocenters. The minimum Gasteiger partial charge on any atom is -1.00 e. The summed E-state index contributed by atoms with van der Waals surface area (Å²) in [5.41, 5.74) is 0. The summed E-state index contributed by atoms with van der Waals surface area (Å²) < 4.78 is 0. The van der Waals surface area contributed by atoms with Crippen molar-refractivity contribution in [3.8, 4) is 0 Å². The van der Waals surface area contributed by atoms with Crippen molar-refractivity contribution in [2.24, 2.45) is 0 Å². The minimum atomic E-state index is -1.75. The Labute approximate surface area is 117 Å². The summed E-state index contributed by atoms with van der Waals surface area (Å²) in [5, 5.41) is 14.8. The van der Waals surface area contributed by atoms with Gasteiger partial charge in [0, 0.05) is 0 Å². The third kappa shape index (κ3) is 61.7. The second-order valence-corrected chi connectivity index (χ2v) is 0.224. The van der Waals surface area contributed by atoms with E-state index in [9.17, 15) is 0 Å². The van der Waals surface area contributed by atoms with Gasteiger partial charge in [0.05, 0.1) is 5.09 Å². The molecule has 0 spiro atoms. The standard InChI is InChI=1S/Ba.Ca.ClH.NO3/c;;;2-1(3)4/h;;1H;/q2*+2;;-1/p-1. The Balaban J connectivity index is -0.0000000150. The molecule has 32 valence electrons. The quantitative estimate of drug-likeness (QED) is 0.257. The van der Waals surface area contributed by atoms with E-state index in [2.05, 4.69) is 0 Å². The van der Waals surface area contributed by atoms with Crippen molar-refractivity contribution in [2.45, 2.75) is 0 Å². The molecule has 7 heavy (non-hydrogen) atoms. The fourth-order valence-electron chi connectivity index (χ4n) is 0. The number of halogens is 1. The van der Waals surface area contributed by atoms with Crippen LogP contribution in [0.15, 0.2) is 0 Å². The number of nitrogens with zero attached hydrogens (tertiary/aromatic N) is 1. The minimum absolute atomic E-state index is 0. The van der Waals surface area contributed by atoms with Crippen LogP contribution in [0.25, 0.3) is 0 Å². The second kappa shape index (κ2) is 15.8. The molecule has 0 bridgehead atoms. The van der Waals surface area contributed by atoms with Gasteiger partial charge in [0.2, 0.25) is 0 Å². The van der Waals surface area contributed by atoms with Crippen LogP contribution < -0.4 is 12.4 Å². The van der Waals surface area contributed by atoms with Gasteiger partial charge in [-0.05, 0) is 0 Å². The molecule has 0 saturated heterocycles. The van der Waals surface area contributed by atoms with E-state index in [-0.39, 0.29) is 99.0 Å². The van der Waals surface area contributed by atoms with Gasteiger partial charge in [-0.3, -0.25) is 0 Å². The average Bonchev–Trinajstić information content (AvgIpc) is 0.811. The van der Waals surface area contributed by atoms with E-state index in [1.807, 2.05) is 0 Å². The first-order chi connectivity index (χ1) is 1.73. The number of hydrogen-bond acceptors (Lipinski definition) is 3. The van der Waals surface area contributed by atoms with Crippen LogP contribution in [0, 0.1) is 15.3 Å². The fourth-order valence-corrected chi connectivity index (χ4v) is 0. The summed E-state index contributed by atoms with van der Waals surface area (Å²) in [7, 11) is 0. The normalized spacial score (nSPS) is 3.43. The molecule has 0 fully saturated rings. The van der Waals surface area contributed by atoms with Crippen LogP contribution in [-0.2, 0) is 0 Å². The van der Waals surface area contributed by atoms with Crippen molar-refractivity contribution in [2.75, 3.05) is 0 Å². The van der Waals surface area contributed by atoms with Crippen molar-refractivity contribution in [1.29, 1.82) is 0 Å². The fraction of sp³-hybridized carbons (Fsp3) is 0. The third-order valence-corrected chi connectivity index (χ3v) is 0. The number of hydrogen-bond donors (Lipinski definition) is 0. The molecule has 0 rings (SSSR count). The molecular formula is BaCaClNO3+2. The Hall–Kier alpha value is 2.32. The van der Waals surface area contributed by atoms with Gasteiger partial charge in [0.1, 0.15) is 0 Å². The van der Waals surface area contributed by atoms with Crippen LogP contribution in [0.2, 0.25) is 0 Å². The average molecular weight is 275 g/mol. The molecule has 0 amide bonds. The summed E-state index contributed by atoms with van der Waals surface area (Å²) in [6.07, 6.45) is 0. The summed E-state index contributed by atoms with van der Waals surface area (Å²) >= 11 is 0. The van der Waals surface area contributed by atoms with Gasteiger partial charge in [-0.25, -0.2) is 0 Å². The van der Waals surface area contributed by atoms with Crippen molar-refractivity contribution < 1.29 is 17.5 Å². The Morgan fingerprint density at radius 3 is 1.29 bits per heavy atom. The summed E-state index contributed by atoms with van der Waals surface area (Å²) in [4.78, 5) is 8.25. The summed E-state index contributed by atoms with van der Waals surface area (Å²) in [6.45, 7) is 0. The first-order valence-corrected chi connectivity index (χ1v) is 0.548. The smallest absolute Gasteiger partial charge is 1.00 e. The molecule has 4 nitrogen and oxygen atoms in total. The zero-order chi connectivity index (χ0) is 3.58. The molecule has 0 aromatic carbocycles. The number of rotatable bonds is 0. The van der Waals surface area contributed by atoms with Gasteiger partial charge in [-0.2, -0.15) is 0 Å². The monoisotopic (exact) mass is 275 g/mol. The molecule has 0 heterocycles. The molecule has 0 aliphatic rings.